The quantitative estimate of drug-likeness (QED) is 0.733. The van der Waals surface area contributed by atoms with Gasteiger partial charge in [-0.25, -0.2) is 4.79 Å². The molecule has 1 heterocycles. The number of rotatable bonds is 6. The zero-order valence-electron chi connectivity index (χ0n) is 14.7. The first-order valence-electron chi connectivity index (χ1n) is 8.85. The maximum Gasteiger partial charge on any atom is 0.410 e. The summed E-state index contributed by atoms with van der Waals surface area (Å²) in [5, 5.41) is 6.30. The number of nitrogens with zero attached hydrogens (tertiary/aromatic N) is 1. The lowest BCUT2D eigenvalue weighted by Gasteiger charge is -2.36. The smallest absolute Gasteiger partial charge is 0.410 e. The van der Waals surface area contributed by atoms with Gasteiger partial charge in [0.05, 0.1) is 0 Å². The van der Waals surface area contributed by atoms with Crippen molar-refractivity contribution in [2.75, 3.05) is 19.6 Å². The zero-order chi connectivity index (χ0) is 16.9. The Balaban J connectivity index is 1.70. The average Bonchev–Trinajstić information content (AvgIpc) is 3.26. The third-order valence-corrected chi connectivity index (χ3v) is 4.11. The van der Waals surface area contributed by atoms with Crippen LogP contribution in [-0.4, -0.2) is 54.2 Å². The summed E-state index contributed by atoms with van der Waals surface area (Å²) in [6, 6.07) is 0.577. The number of amides is 2. The summed E-state index contributed by atoms with van der Waals surface area (Å²) in [7, 11) is 0. The predicted molar refractivity (Wildman–Crippen MR) is 89.2 cm³/mol. The number of likely N-dealkylation sites (tertiary alicyclic amines) is 1. The van der Waals surface area contributed by atoms with Gasteiger partial charge < -0.3 is 20.3 Å². The molecule has 2 amide bonds. The van der Waals surface area contributed by atoms with Gasteiger partial charge in [-0.1, -0.05) is 0 Å². The van der Waals surface area contributed by atoms with Crippen LogP contribution in [0.4, 0.5) is 4.79 Å². The van der Waals surface area contributed by atoms with Crippen molar-refractivity contribution in [3.05, 3.63) is 0 Å². The van der Waals surface area contributed by atoms with Gasteiger partial charge in [-0.3, -0.25) is 4.79 Å². The summed E-state index contributed by atoms with van der Waals surface area (Å²) in [4.78, 5) is 25.8. The molecule has 0 aromatic carbocycles. The van der Waals surface area contributed by atoms with Gasteiger partial charge in [0.25, 0.3) is 0 Å². The molecule has 1 aliphatic carbocycles. The van der Waals surface area contributed by atoms with Crippen molar-refractivity contribution in [3.8, 4) is 0 Å². The first kappa shape index (κ1) is 18.0. The number of piperidine rings is 1. The predicted octanol–water partition coefficient (Wildman–Crippen LogP) is 2.03. The van der Waals surface area contributed by atoms with Gasteiger partial charge in [0.15, 0.2) is 0 Å². The first-order chi connectivity index (χ1) is 10.8. The fraction of sp³-hybridized carbons (Fsp3) is 0.882. The third-order valence-electron chi connectivity index (χ3n) is 4.11. The summed E-state index contributed by atoms with van der Waals surface area (Å²) < 4.78 is 5.50. The molecule has 2 rings (SSSR count). The minimum Gasteiger partial charge on any atom is -0.444 e. The molecule has 0 spiro atoms. The fourth-order valence-electron chi connectivity index (χ4n) is 2.77. The van der Waals surface area contributed by atoms with E-state index in [9.17, 15) is 9.59 Å². The van der Waals surface area contributed by atoms with E-state index in [2.05, 4.69) is 10.6 Å². The van der Waals surface area contributed by atoms with E-state index in [4.69, 9.17) is 4.74 Å². The molecule has 2 fully saturated rings. The highest BCUT2D eigenvalue weighted by atomic mass is 16.6. The van der Waals surface area contributed by atoms with Crippen LogP contribution in [0, 0.1) is 0 Å². The van der Waals surface area contributed by atoms with Gasteiger partial charge in [0.1, 0.15) is 5.60 Å². The lowest BCUT2D eigenvalue weighted by molar-refractivity contribution is -0.121. The van der Waals surface area contributed by atoms with Crippen LogP contribution in [0.3, 0.4) is 0 Å². The Kier molecular flexibility index (Phi) is 6.27. The maximum atomic E-state index is 12.3. The Hall–Kier alpha value is -1.30. The Morgan fingerprint density at radius 1 is 1.17 bits per heavy atom. The Morgan fingerprint density at radius 2 is 1.91 bits per heavy atom. The molecule has 1 saturated heterocycles. The topological polar surface area (TPSA) is 70.7 Å². The van der Waals surface area contributed by atoms with Gasteiger partial charge >= 0.3 is 6.09 Å². The van der Waals surface area contributed by atoms with Crippen LogP contribution in [0.1, 0.15) is 59.3 Å². The van der Waals surface area contributed by atoms with Gasteiger partial charge in [-0.05, 0) is 52.9 Å². The number of carbonyl (C=O) groups is 2. The second-order valence-corrected chi connectivity index (χ2v) is 7.62. The molecule has 2 aliphatic rings. The molecular formula is C17H31N3O3. The van der Waals surface area contributed by atoms with E-state index in [1.165, 1.54) is 0 Å². The first-order valence-corrected chi connectivity index (χ1v) is 8.85. The van der Waals surface area contributed by atoms with Crippen molar-refractivity contribution in [3.63, 3.8) is 0 Å². The second kappa shape index (κ2) is 7.99. The molecule has 0 bridgehead atoms. The van der Waals surface area contributed by atoms with Crippen LogP contribution in [-0.2, 0) is 9.53 Å². The average molecular weight is 325 g/mol. The van der Waals surface area contributed by atoms with Crippen molar-refractivity contribution in [2.24, 2.45) is 0 Å². The van der Waals surface area contributed by atoms with E-state index in [1.54, 1.807) is 0 Å². The van der Waals surface area contributed by atoms with Crippen molar-refractivity contribution >= 4 is 12.0 Å². The third kappa shape index (κ3) is 6.77. The Bertz CT molecular complexity index is 416. The number of hydrogen-bond donors (Lipinski definition) is 2. The van der Waals surface area contributed by atoms with E-state index in [-0.39, 0.29) is 18.0 Å². The standard InChI is InChI=1S/C17H31N3O3/c1-17(2,3)23-16(22)20-11-5-4-6-14(20)12-18-10-9-15(21)19-13-7-8-13/h13-14,18H,4-12H2,1-3H3,(H,19,21). The minimum atomic E-state index is -0.465. The number of hydrogen-bond acceptors (Lipinski definition) is 4. The monoisotopic (exact) mass is 325 g/mol. The molecule has 1 aliphatic heterocycles. The summed E-state index contributed by atoms with van der Waals surface area (Å²) in [5.74, 6) is 0.118. The van der Waals surface area contributed by atoms with E-state index in [0.717, 1.165) is 45.2 Å². The summed E-state index contributed by atoms with van der Waals surface area (Å²) in [6.07, 6.45) is 5.65. The van der Waals surface area contributed by atoms with Crippen molar-refractivity contribution in [1.82, 2.24) is 15.5 Å². The van der Waals surface area contributed by atoms with Gasteiger partial charge in [0, 0.05) is 38.1 Å². The summed E-state index contributed by atoms with van der Waals surface area (Å²) >= 11 is 0. The fourth-order valence-corrected chi connectivity index (χ4v) is 2.77. The van der Waals surface area contributed by atoms with Crippen LogP contribution < -0.4 is 10.6 Å². The zero-order valence-corrected chi connectivity index (χ0v) is 14.7. The van der Waals surface area contributed by atoms with E-state index >= 15 is 0 Å². The van der Waals surface area contributed by atoms with Crippen LogP contribution in [0.5, 0.6) is 0 Å². The van der Waals surface area contributed by atoms with Crippen molar-refractivity contribution in [2.45, 2.75) is 77.0 Å². The van der Waals surface area contributed by atoms with E-state index in [0.29, 0.717) is 19.0 Å². The minimum absolute atomic E-state index is 0.118. The molecule has 2 N–H and O–H groups in total. The van der Waals surface area contributed by atoms with E-state index < -0.39 is 5.60 Å². The molecule has 23 heavy (non-hydrogen) atoms. The highest BCUT2D eigenvalue weighted by Crippen LogP contribution is 2.20. The molecule has 1 atom stereocenters. The lowest BCUT2D eigenvalue weighted by atomic mass is 10.0. The van der Waals surface area contributed by atoms with Crippen molar-refractivity contribution < 1.29 is 14.3 Å². The molecule has 1 unspecified atom stereocenters. The normalized spacial score (nSPS) is 21.9. The largest absolute Gasteiger partial charge is 0.444 e. The van der Waals surface area contributed by atoms with Crippen LogP contribution in [0.2, 0.25) is 0 Å². The lowest BCUT2D eigenvalue weighted by Crippen LogP contribution is -2.50. The van der Waals surface area contributed by atoms with Crippen molar-refractivity contribution in [1.29, 1.82) is 0 Å². The summed E-state index contributed by atoms with van der Waals surface area (Å²) in [5.41, 5.74) is -0.465. The SMILES string of the molecule is CC(C)(C)OC(=O)N1CCCCC1CNCCC(=O)NC1CC1. The molecule has 132 valence electrons. The second-order valence-electron chi connectivity index (χ2n) is 7.62. The number of carbonyl (C=O) groups excluding carboxylic acids is 2. The van der Waals surface area contributed by atoms with Gasteiger partial charge in [-0.15, -0.1) is 0 Å². The molecule has 0 aromatic rings. The maximum absolute atomic E-state index is 12.3. The van der Waals surface area contributed by atoms with Crippen LogP contribution >= 0.6 is 0 Å². The highest BCUT2D eigenvalue weighted by Gasteiger charge is 2.30. The molecule has 6 nitrogen and oxygen atoms in total. The molecular weight excluding hydrogens is 294 g/mol. The molecule has 0 aromatic heterocycles. The number of ether oxygens (including phenoxy) is 1. The molecule has 6 heteroatoms. The molecule has 1 saturated carbocycles. The Morgan fingerprint density at radius 3 is 2.57 bits per heavy atom. The highest BCUT2D eigenvalue weighted by molar-refractivity contribution is 5.76. The number of nitrogens with one attached hydrogen (secondary N) is 2. The van der Waals surface area contributed by atoms with E-state index in [1.807, 2.05) is 25.7 Å². The molecule has 0 radical (unpaired) electrons. The van der Waals surface area contributed by atoms with Gasteiger partial charge in [0.2, 0.25) is 5.91 Å². The van der Waals surface area contributed by atoms with Crippen LogP contribution in [0.25, 0.3) is 0 Å². The Labute approximate surface area is 139 Å². The van der Waals surface area contributed by atoms with Gasteiger partial charge in [-0.2, -0.15) is 0 Å². The summed E-state index contributed by atoms with van der Waals surface area (Å²) in [6.45, 7) is 7.79. The van der Waals surface area contributed by atoms with Crippen LogP contribution in [0.15, 0.2) is 0 Å².